The van der Waals surface area contributed by atoms with Gasteiger partial charge in [0.15, 0.2) is 0 Å². The zero-order valence-corrected chi connectivity index (χ0v) is 17.0. The molecule has 0 saturated carbocycles. The molecule has 2 N–H and O–H groups in total. The molecule has 1 aliphatic rings. The van der Waals surface area contributed by atoms with Crippen LogP contribution in [0.2, 0.25) is 5.02 Å². The zero-order valence-electron chi connectivity index (χ0n) is 16.2. The van der Waals surface area contributed by atoms with Crippen LogP contribution in [0.25, 0.3) is 10.9 Å². The van der Waals surface area contributed by atoms with Crippen molar-refractivity contribution in [2.45, 2.75) is 13.1 Å². The Morgan fingerprint density at radius 1 is 1.07 bits per heavy atom. The third kappa shape index (κ3) is 5.29. The summed E-state index contributed by atoms with van der Waals surface area (Å²) in [5.74, 6) is 0. The summed E-state index contributed by atoms with van der Waals surface area (Å²) in [6, 6.07) is 15.3. The standard InChI is InChI=1S/C22H25ClN4O2/c23-19-3-1-2-17(14-19)16-24-22(28)25-20-4-5-21-18(15-20)6-7-27(21)9-8-26-10-12-29-13-11-26/h1-7,14-15H,8-13,16H2,(H2,24,25,28). The van der Waals surface area contributed by atoms with E-state index in [1.54, 1.807) is 0 Å². The van der Waals surface area contributed by atoms with Crippen molar-refractivity contribution in [3.8, 4) is 0 Å². The number of hydrogen-bond donors (Lipinski definition) is 2. The van der Waals surface area contributed by atoms with Crippen LogP contribution in [0.5, 0.6) is 0 Å². The average Bonchev–Trinajstić information content (AvgIpc) is 3.14. The van der Waals surface area contributed by atoms with Crippen LogP contribution in [0, 0.1) is 0 Å². The normalized spacial score (nSPS) is 14.8. The highest BCUT2D eigenvalue weighted by molar-refractivity contribution is 6.30. The Hall–Kier alpha value is -2.54. The van der Waals surface area contributed by atoms with Crippen LogP contribution in [0.3, 0.4) is 0 Å². The minimum Gasteiger partial charge on any atom is -0.379 e. The number of hydrogen-bond acceptors (Lipinski definition) is 3. The minimum atomic E-state index is -0.240. The van der Waals surface area contributed by atoms with Gasteiger partial charge in [-0.2, -0.15) is 0 Å². The van der Waals surface area contributed by atoms with Crippen molar-refractivity contribution in [2.75, 3.05) is 38.2 Å². The lowest BCUT2D eigenvalue weighted by Gasteiger charge is -2.26. The van der Waals surface area contributed by atoms with E-state index in [1.165, 1.54) is 5.52 Å². The lowest BCUT2D eigenvalue weighted by molar-refractivity contribution is 0.0365. The molecule has 7 heteroatoms. The van der Waals surface area contributed by atoms with E-state index in [9.17, 15) is 4.79 Å². The molecule has 2 aromatic carbocycles. The van der Waals surface area contributed by atoms with Crippen molar-refractivity contribution < 1.29 is 9.53 Å². The smallest absolute Gasteiger partial charge is 0.319 e. The van der Waals surface area contributed by atoms with E-state index in [-0.39, 0.29) is 6.03 Å². The molecular weight excluding hydrogens is 388 g/mol. The Morgan fingerprint density at radius 3 is 2.76 bits per heavy atom. The maximum Gasteiger partial charge on any atom is 0.319 e. The predicted molar refractivity (Wildman–Crippen MR) is 117 cm³/mol. The van der Waals surface area contributed by atoms with E-state index in [0.717, 1.165) is 56.0 Å². The maximum absolute atomic E-state index is 12.2. The molecule has 0 spiro atoms. The molecule has 4 rings (SSSR count). The third-order valence-electron chi connectivity index (χ3n) is 5.13. The minimum absolute atomic E-state index is 0.240. The lowest BCUT2D eigenvalue weighted by Crippen LogP contribution is -2.38. The van der Waals surface area contributed by atoms with Gasteiger partial charge in [-0.1, -0.05) is 23.7 Å². The van der Waals surface area contributed by atoms with Crippen LogP contribution in [0.1, 0.15) is 5.56 Å². The van der Waals surface area contributed by atoms with Gasteiger partial charge >= 0.3 is 6.03 Å². The van der Waals surface area contributed by atoms with Gasteiger partial charge in [0.25, 0.3) is 0 Å². The number of nitrogens with zero attached hydrogens (tertiary/aromatic N) is 2. The van der Waals surface area contributed by atoms with Gasteiger partial charge in [-0.15, -0.1) is 0 Å². The summed E-state index contributed by atoms with van der Waals surface area (Å²) in [4.78, 5) is 14.6. The van der Waals surface area contributed by atoms with Crippen LogP contribution in [-0.4, -0.2) is 48.3 Å². The van der Waals surface area contributed by atoms with Gasteiger partial charge in [-0.25, -0.2) is 4.79 Å². The molecule has 2 heterocycles. The lowest BCUT2D eigenvalue weighted by atomic mass is 10.2. The third-order valence-corrected chi connectivity index (χ3v) is 5.37. The monoisotopic (exact) mass is 412 g/mol. The van der Waals surface area contributed by atoms with Crippen LogP contribution >= 0.6 is 11.6 Å². The van der Waals surface area contributed by atoms with Crippen molar-refractivity contribution in [3.63, 3.8) is 0 Å². The highest BCUT2D eigenvalue weighted by Crippen LogP contribution is 2.21. The van der Waals surface area contributed by atoms with E-state index < -0.39 is 0 Å². The number of urea groups is 1. The number of halogens is 1. The zero-order chi connectivity index (χ0) is 20.1. The SMILES string of the molecule is O=C(NCc1cccc(Cl)c1)Nc1ccc2c(ccn2CCN2CCOCC2)c1. The molecule has 1 saturated heterocycles. The van der Waals surface area contributed by atoms with Gasteiger partial charge in [0.1, 0.15) is 0 Å². The highest BCUT2D eigenvalue weighted by atomic mass is 35.5. The van der Waals surface area contributed by atoms with Crippen LogP contribution in [0.4, 0.5) is 10.5 Å². The van der Waals surface area contributed by atoms with E-state index >= 15 is 0 Å². The van der Waals surface area contributed by atoms with Gasteiger partial charge in [0, 0.05) is 60.5 Å². The molecule has 1 aromatic heterocycles. The second-order valence-electron chi connectivity index (χ2n) is 7.17. The largest absolute Gasteiger partial charge is 0.379 e. The number of rotatable bonds is 6. The Bertz CT molecular complexity index is 982. The van der Waals surface area contributed by atoms with Gasteiger partial charge in [-0.05, 0) is 42.0 Å². The summed E-state index contributed by atoms with van der Waals surface area (Å²) < 4.78 is 7.66. The summed E-state index contributed by atoms with van der Waals surface area (Å²) in [7, 11) is 0. The van der Waals surface area contributed by atoms with E-state index in [0.29, 0.717) is 11.6 Å². The number of anilines is 1. The van der Waals surface area contributed by atoms with E-state index in [4.69, 9.17) is 16.3 Å². The molecule has 6 nitrogen and oxygen atoms in total. The van der Waals surface area contributed by atoms with Gasteiger partial charge in [0.05, 0.1) is 13.2 Å². The first kappa shape index (κ1) is 19.8. The Kier molecular flexibility index (Phi) is 6.34. The summed E-state index contributed by atoms with van der Waals surface area (Å²) >= 11 is 5.98. The molecule has 2 amide bonds. The molecule has 29 heavy (non-hydrogen) atoms. The second kappa shape index (κ2) is 9.31. The average molecular weight is 413 g/mol. The number of ether oxygens (including phenoxy) is 1. The topological polar surface area (TPSA) is 58.5 Å². The highest BCUT2D eigenvalue weighted by Gasteiger charge is 2.11. The number of fused-ring (bicyclic) bond motifs is 1. The first-order valence-corrected chi connectivity index (χ1v) is 10.2. The van der Waals surface area contributed by atoms with Crippen LogP contribution < -0.4 is 10.6 Å². The summed E-state index contributed by atoms with van der Waals surface area (Å²) in [6.07, 6.45) is 2.11. The van der Waals surface area contributed by atoms with E-state index in [2.05, 4.69) is 38.4 Å². The van der Waals surface area contributed by atoms with Crippen molar-refractivity contribution in [1.82, 2.24) is 14.8 Å². The van der Waals surface area contributed by atoms with Gasteiger partial charge in [-0.3, -0.25) is 4.90 Å². The Morgan fingerprint density at radius 2 is 1.93 bits per heavy atom. The molecule has 0 radical (unpaired) electrons. The quantitative estimate of drug-likeness (QED) is 0.644. The summed E-state index contributed by atoms with van der Waals surface area (Å²) in [5.41, 5.74) is 2.90. The summed E-state index contributed by atoms with van der Waals surface area (Å²) in [6.45, 7) is 6.01. The molecule has 0 unspecified atom stereocenters. The fourth-order valence-electron chi connectivity index (χ4n) is 3.55. The second-order valence-corrected chi connectivity index (χ2v) is 7.61. The number of morpholine rings is 1. The molecular formula is C22H25ClN4O2. The molecule has 1 fully saturated rings. The van der Waals surface area contributed by atoms with Crippen molar-refractivity contribution >= 4 is 34.2 Å². The number of carbonyl (C=O) groups excluding carboxylic acids is 1. The first-order chi connectivity index (χ1) is 14.2. The first-order valence-electron chi connectivity index (χ1n) is 9.86. The maximum atomic E-state index is 12.2. The van der Waals surface area contributed by atoms with Crippen molar-refractivity contribution in [1.29, 1.82) is 0 Å². The molecule has 0 bridgehead atoms. The molecule has 3 aromatic rings. The summed E-state index contributed by atoms with van der Waals surface area (Å²) in [5, 5.41) is 7.52. The Balaban J connectivity index is 1.33. The number of benzene rings is 2. The fourth-order valence-corrected chi connectivity index (χ4v) is 3.76. The van der Waals surface area contributed by atoms with Crippen molar-refractivity contribution in [2.24, 2.45) is 0 Å². The number of aromatic nitrogens is 1. The fraction of sp³-hybridized carbons (Fsp3) is 0.318. The predicted octanol–water partition coefficient (Wildman–Crippen LogP) is 3.95. The van der Waals surface area contributed by atoms with E-state index in [1.807, 2.05) is 36.4 Å². The van der Waals surface area contributed by atoms with Gasteiger partial charge < -0.3 is 19.9 Å². The Labute approximate surface area is 175 Å². The number of carbonyl (C=O) groups is 1. The number of nitrogens with one attached hydrogen (secondary N) is 2. The molecule has 1 aliphatic heterocycles. The van der Waals surface area contributed by atoms with Crippen molar-refractivity contribution in [3.05, 3.63) is 65.3 Å². The van der Waals surface area contributed by atoms with Gasteiger partial charge in [0.2, 0.25) is 0 Å². The molecule has 0 atom stereocenters. The van der Waals surface area contributed by atoms with Crippen LogP contribution in [-0.2, 0) is 17.8 Å². The molecule has 0 aliphatic carbocycles. The van der Waals surface area contributed by atoms with Crippen LogP contribution in [0.15, 0.2) is 54.7 Å². The number of amides is 2. The molecule has 152 valence electrons.